The molecule has 0 aliphatic heterocycles. The van der Waals surface area contributed by atoms with Crippen LogP contribution in [-0.4, -0.2) is 36.0 Å². The van der Waals surface area contributed by atoms with E-state index in [1.807, 2.05) is 0 Å². The largest absolute Gasteiger partial charge is 0.469 e. The van der Waals surface area contributed by atoms with Crippen molar-refractivity contribution in [2.45, 2.75) is 76.7 Å². The van der Waals surface area contributed by atoms with E-state index in [0.717, 1.165) is 44.9 Å². The molecule has 4 nitrogen and oxygen atoms in total. The Morgan fingerprint density at radius 1 is 1.00 bits per heavy atom. The first-order valence-corrected chi connectivity index (χ1v) is 8.21. The van der Waals surface area contributed by atoms with Gasteiger partial charge in [0, 0.05) is 6.61 Å². The molecule has 0 aliphatic rings. The van der Waals surface area contributed by atoms with Crippen molar-refractivity contribution >= 4 is 5.97 Å². The summed E-state index contributed by atoms with van der Waals surface area (Å²) in [7, 11) is 1.34. The van der Waals surface area contributed by atoms with Gasteiger partial charge in [0.1, 0.15) is 0 Å². The average Bonchev–Trinajstić information content (AvgIpc) is 2.48. The van der Waals surface area contributed by atoms with Crippen molar-refractivity contribution in [2.24, 2.45) is 0 Å². The number of methoxy groups -OCH3 is 1. The topological polar surface area (TPSA) is 66.8 Å². The molecule has 2 N–H and O–H groups in total. The molecular formula is C17H32O4. The predicted molar refractivity (Wildman–Crippen MR) is 85.0 cm³/mol. The van der Waals surface area contributed by atoms with Crippen molar-refractivity contribution in [3.8, 4) is 0 Å². The number of carbonyl (C=O) groups excluding carboxylic acids is 1. The smallest absolute Gasteiger partial charge is 0.308 e. The standard InChI is InChI=1S/C17H32O4/c1-21-17(20)15-16(19)13-11-9-7-5-3-2-4-6-8-10-12-14-18/h2-3,16,18-19H,4-15H2,1H3/b3-2-. The van der Waals surface area contributed by atoms with E-state index >= 15 is 0 Å². The molecular weight excluding hydrogens is 268 g/mol. The Hall–Kier alpha value is -0.870. The summed E-state index contributed by atoms with van der Waals surface area (Å²) in [6.45, 7) is 0.310. The molecule has 0 aliphatic carbocycles. The summed E-state index contributed by atoms with van der Waals surface area (Å²) >= 11 is 0. The maximum Gasteiger partial charge on any atom is 0.308 e. The highest BCUT2D eigenvalue weighted by Gasteiger charge is 2.09. The van der Waals surface area contributed by atoms with Gasteiger partial charge < -0.3 is 14.9 Å². The molecule has 1 unspecified atom stereocenters. The first-order chi connectivity index (χ1) is 10.2. The lowest BCUT2D eigenvalue weighted by Gasteiger charge is -2.08. The zero-order valence-corrected chi connectivity index (χ0v) is 13.4. The Morgan fingerprint density at radius 2 is 1.57 bits per heavy atom. The highest BCUT2D eigenvalue weighted by atomic mass is 16.5. The number of ether oxygens (including phenoxy) is 1. The Bertz CT molecular complexity index is 264. The highest BCUT2D eigenvalue weighted by Crippen LogP contribution is 2.09. The van der Waals surface area contributed by atoms with Crippen molar-refractivity contribution in [1.82, 2.24) is 0 Å². The number of aliphatic hydroxyl groups is 2. The second-order valence-electron chi connectivity index (χ2n) is 5.47. The van der Waals surface area contributed by atoms with Gasteiger partial charge in [-0.25, -0.2) is 0 Å². The second-order valence-corrected chi connectivity index (χ2v) is 5.47. The highest BCUT2D eigenvalue weighted by molar-refractivity contribution is 5.69. The van der Waals surface area contributed by atoms with E-state index in [9.17, 15) is 9.90 Å². The third-order valence-corrected chi connectivity index (χ3v) is 3.48. The lowest BCUT2D eigenvalue weighted by molar-refractivity contribution is -0.142. The minimum Gasteiger partial charge on any atom is -0.469 e. The molecule has 124 valence electrons. The van der Waals surface area contributed by atoms with E-state index in [0.29, 0.717) is 13.0 Å². The van der Waals surface area contributed by atoms with Gasteiger partial charge in [0.15, 0.2) is 0 Å². The molecule has 0 radical (unpaired) electrons. The normalized spacial score (nSPS) is 12.7. The molecule has 0 fully saturated rings. The molecule has 4 heteroatoms. The van der Waals surface area contributed by atoms with E-state index in [4.69, 9.17) is 5.11 Å². The quantitative estimate of drug-likeness (QED) is 0.293. The van der Waals surface area contributed by atoms with Crippen molar-refractivity contribution in [2.75, 3.05) is 13.7 Å². The SMILES string of the molecule is COC(=O)CC(O)CCCCC/C=C\CCCCCCO. The van der Waals surface area contributed by atoms with Gasteiger partial charge in [0.05, 0.1) is 19.6 Å². The third-order valence-electron chi connectivity index (χ3n) is 3.48. The summed E-state index contributed by atoms with van der Waals surface area (Å²) in [6.07, 6.45) is 14.5. The van der Waals surface area contributed by atoms with Gasteiger partial charge >= 0.3 is 5.97 Å². The molecule has 1 atom stereocenters. The molecule has 0 saturated heterocycles. The van der Waals surface area contributed by atoms with Gasteiger partial charge in [0.25, 0.3) is 0 Å². The summed E-state index contributed by atoms with van der Waals surface area (Å²) in [5.41, 5.74) is 0. The Labute approximate surface area is 129 Å². The van der Waals surface area contributed by atoms with Crippen LogP contribution in [0.4, 0.5) is 0 Å². The molecule has 0 aromatic heterocycles. The Morgan fingerprint density at radius 3 is 2.14 bits per heavy atom. The van der Waals surface area contributed by atoms with Crippen LogP contribution in [0, 0.1) is 0 Å². The van der Waals surface area contributed by atoms with Gasteiger partial charge in [-0.15, -0.1) is 0 Å². The Kier molecular flexibility index (Phi) is 14.9. The molecule has 0 rings (SSSR count). The summed E-state index contributed by atoms with van der Waals surface area (Å²) in [5.74, 6) is -0.343. The van der Waals surface area contributed by atoms with Crippen LogP contribution < -0.4 is 0 Å². The molecule has 0 aromatic carbocycles. The Balaban J connectivity index is 3.26. The van der Waals surface area contributed by atoms with E-state index in [1.165, 1.54) is 20.0 Å². The molecule has 0 spiro atoms. The number of aliphatic hydroxyl groups excluding tert-OH is 2. The first-order valence-electron chi connectivity index (χ1n) is 8.21. The summed E-state index contributed by atoms with van der Waals surface area (Å²) in [6, 6.07) is 0. The van der Waals surface area contributed by atoms with Crippen LogP contribution >= 0.6 is 0 Å². The van der Waals surface area contributed by atoms with Crippen LogP contribution in [0.15, 0.2) is 12.2 Å². The molecule has 0 aromatic rings. The summed E-state index contributed by atoms with van der Waals surface area (Å²) in [5, 5.41) is 18.2. The van der Waals surface area contributed by atoms with Crippen LogP contribution in [0.25, 0.3) is 0 Å². The van der Waals surface area contributed by atoms with E-state index < -0.39 is 6.10 Å². The van der Waals surface area contributed by atoms with Gasteiger partial charge in [-0.3, -0.25) is 4.79 Å². The predicted octanol–water partition coefficient (Wildman–Crippen LogP) is 3.36. The number of rotatable bonds is 14. The summed E-state index contributed by atoms with van der Waals surface area (Å²) in [4.78, 5) is 10.9. The average molecular weight is 300 g/mol. The van der Waals surface area contributed by atoms with Crippen molar-refractivity contribution in [3.63, 3.8) is 0 Å². The van der Waals surface area contributed by atoms with E-state index in [1.54, 1.807) is 0 Å². The van der Waals surface area contributed by atoms with Crippen LogP contribution in [0.1, 0.15) is 70.6 Å². The van der Waals surface area contributed by atoms with Crippen LogP contribution in [-0.2, 0) is 9.53 Å². The molecule has 0 amide bonds. The monoisotopic (exact) mass is 300 g/mol. The number of carbonyl (C=O) groups is 1. The second kappa shape index (κ2) is 15.5. The van der Waals surface area contributed by atoms with Gasteiger partial charge in [-0.05, 0) is 38.5 Å². The third kappa shape index (κ3) is 15.3. The van der Waals surface area contributed by atoms with Crippen molar-refractivity contribution < 1.29 is 19.7 Å². The maximum atomic E-state index is 10.9. The number of esters is 1. The number of allylic oxidation sites excluding steroid dienone is 2. The van der Waals surface area contributed by atoms with Gasteiger partial charge in [-0.2, -0.15) is 0 Å². The van der Waals surface area contributed by atoms with E-state index in [2.05, 4.69) is 16.9 Å². The van der Waals surface area contributed by atoms with Crippen molar-refractivity contribution in [3.05, 3.63) is 12.2 Å². The fraction of sp³-hybridized carbons (Fsp3) is 0.824. The lowest BCUT2D eigenvalue weighted by Crippen LogP contribution is -2.14. The van der Waals surface area contributed by atoms with E-state index in [-0.39, 0.29) is 12.4 Å². The van der Waals surface area contributed by atoms with Crippen LogP contribution in [0.5, 0.6) is 0 Å². The maximum absolute atomic E-state index is 10.9. The van der Waals surface area contributed by atoms with Gasteiger partial charge in [-0.1, -0.05) is 37.8 Å². The lowest BCUT2D eigenvalue weighted by atomic mass is 10.1. The zero-order valence-electron chi connectivity index (χ0n) is 13.4. The van der Waals surface area contributed by atoms with Crippen LogP contribution in [0.3, 0.4) is 0 Å². The fourth-order valence-corrected chi connectivity index (χ4v) is 2.16. The molecule has 0 saturated carbocycles. The van der Waals surface area contributed by atoms with Crippen LogP contribution in [0.2, 0.25) is 0 Å². The number of hydrogen-bond donors (Lipinski definition) is 2. The molecule has 0 heterocycles. The summed E-state index contributed by atoms with van der Waals surface area (Å²) < 4.78 is 4.51. The molecule has 21 heavy (non-hydrogen) atoms. The van der Waals surface area contributed by atoms with Gasteiger partial charge in [0.2, 0.25) is 0 Å². The first kappa shape index (κ1) is 20.1. The fourth-order valence-electron chi connectivity index (χ4n) is 2.16. The zero-order chi connectivity index (χ0) is 15.8. The van der Waals surface area contributed by atoms with Crippen molar-refractivity contribution in [1.29, 1.82) is 0 Å². The minimum absolute atomic E-state index is 0.104. The minimum atomic E-state index is -0.563. The number of unbranched alkanes of at least 4 members (excludes halogenated alkanes) is 7. The number of hydrogen-bond acceptors (Lipinski definition) is 4. The molecule has 0 bridgehead atoms.